The van der Waals surface area contributed by atoms with Crippen molar-refractivity contribution in [3.05, 3.63) is 109 Å². The van der Waals surface area contributed by atoms with E-state index in [9.17, 15) is 30.0 Å². The summed E-state index contributed by atoms with van der Waals surface area (Å²) < 4.78 is 93.9. The standard InChI is InChI=1S/C23H16Br2F3NO4S2/c24-20-7-1-4-17(14-20)10-12-34(30,31)29(22-9-3-6-19(16-22)23(26,27)28)35(32,33)13-11-18-5-2-8-21(25)15-18/h1-16H/b12-10-,13-11-. The fourth-order valence-electron chi connectivity index (χ4n) is 2.89. The molecule has 3 rings (SSSR count). The molecule has 0 amide bonds. The largest absolute Gasteiger partial charge is 0.416 e. The summed E-state index contributed by atoms with van der Waals surface area (Å²) in [5.74, 6) is 0. The van der Waals surface area contributed by atoms with Gasteiger partial charge in [0.1, 0.15) is 0 Å². The number of halogens is 5. The lowest BCUT2D eigenvalue weighted by Gasteiger charge is -2.21. The molecule has 0 aliphatic rings. The molecule has 0 spiro atoms. The zero-order valence-electron chi connectivity index (χ0n) is 17.5. The molecular weight excluding hydrogens is 635 g/mol. The van der Waals surface area contributed by atoms with Crippen LogP contribution in [0.1, 0.15) is 16.7 Å². The Labute approximate surface area is 218 Å². The van der Waals surface area contributed by atoms with Gasteiger partial charge in [0.15, 0.2) is 0 Å². The van der Waals surface area contributed by atoms with Crippen molar-refractivity contribution in [3.8, 4) is 0 Å². The predicted octanol–water partition coefficient (Wildman–Crippen LogP) is 7.04. The topological polar surface area (TPSA) is 71.5 Å². The molecule has 35 heavy (non-hydrogen) atoms. The number of hydrogen-bond acceptors (Lipinski definition) is 4. The van der Waals surface area contributed by atoms with E-state index < -0.39 is 37.5 Å². The van der Waals surface area contributed by atoms with Crippen LogP contribution in [0.5, 0.6) is 0 Å². The van der Waals surface area contributed by atoms with Gasteiger partial charge in [-0.05, 0) is 65.7 Å². The van der Waals surface area contributed by atoms with E-state index in [1.54, 1.807) is 48.5 Å². The van der Waals surface area contributed by atoms with E-state index in [-0.39, 0.29) is 3.71 Å². The SMILES string of the molecule is O=S(=O)(/C=C\c1cccc(Br)c1)N(c1cccc(C(F)(F)F)c1)S(=O)(=O)/C=C\c1cccc(Br)c1. The van der Waals surface area contributed by atoms with E-state index in [0.29, 0.717) is 37.0 Å². The molecule has 3 aromatic carbocycles. The summed E-state index contributed by atoms with van der Waals surface area (Å²) in [5.41, 5.74) is -1.03. The Hall–Kier alpha value is -2.41. The molecule has 0 atom stereocenters. The number of sulfonamides is 2. The van der Waals surface area contributed by atoms with Crippen LogP contribution in [-0.2, 0) is 26.2 Å². The summed E-state index contributed by atoms with van der Waals surface area (Å²) in [6, 6.07) is 16.1. The maximum Gasteiger partial charge on any atom is 0.416 e. The second kappa shape index (κ2) is 10.7. The van der Waals surface area contributed by atoms with E-state index in [1.807, 2.05) is 0 Å². The van der Waals surface area contributed by atoms with Crippen molar-refractivity contribution in [3.63, 3.8) is 0 Å². The molecule has 0 bridgehead atoms. The van der Waals surface area contributed by atoms with Gasteiger partial charge in [0.2, 0.25) is 0 Å². The van der Waals surface area contributed by atoms with E-state index in [4.69, 9.17) is 0 Å². The molecule has 0 fully saturated rings. The van der Waals surface area contributed by atoms with Crippen LogP contribution < -0.4 is 3.71 Å². The minimum atomic E-state index is -4.81. The monoisotopic (exact) mass is 649 g/mol. The van der Waals surface area contributed by atoms with Gasteiger partial charge in [0, 0.05) is 8.95 Å². The molecule has 0 unspecified atom stereocenters. The molecule has 0 heterocycles. The molecular formula is C23H16Br2F3NO4S2. The molecule has 0 saturated carbocycles. The number of anilines is 1. The highest BCUT2D eigenvalue weighted by molar-refractivity contribution is 9.10. The maximum atomic E-state index is 13.3. The van der Waals surface area contributed by atoms with E-state index in [0.717, 1.165) is 30.4 Å². The predicted molar refractivity (Wildman–Crippen MR) is 138 cm³/mol. The third-order valence-corrected chi connectivity index (χ3v) is 8.95. The number of nitrogens with zero attached hydrogens (tertiary/aromatic N) is 1. The lowest BCUT2D eigenvalue weighted by Crippen LogP contribution is -2.34. The highest BCUT2D eigenvalue weighted by atomic mass is 79.9. The van der Waals surface area contributed by atoms with Crippen LogP contribution in [0.4, 0.5) is 18.9 Å². The number of alkyl halides is 3. The summed E-state index contributed by atoms with van der Waals surface area (Å²) in [7, 11) is -9.59. The zero-order valence-corrected chi connectivity index (χ0v) is 22.3. The summed E-state index contributed by atoms with van der Waals surface area (Å²) in [6.07, 6.45) is -2.52. The van der Waals surface area contributed by atoms with Crippen LogP contribution in [-0.4, -0.2) is 16.8 Å². The van der Waals surface area contributed by atoms with Gasteiger partial charge in [0.05, 0.1) is 22.1 Å². The lowest BCUT2D eigenvalue weighted by atomic mass is 10.2. The normalized spacial score (nSPS) is 12.9. The Morgan fingerprint density at radius 3 is 1.57 bits per heavy atom. The molecule has 5 nitrogen and oxygen atoms in total. The fourth-order valence-corrected chi connectivity index (χ4v) is 6.88. The van der Waals surface area contributed by atoms with Crippen LogP contribution in [0.15, 0.2) is 92.6 Å². The molecule has 0 saturated heterocycles. The molecule has 0 aliphatic heterocycles. The quantitative estimate of drug-likeness (QED) is 0.275. The van der Waals surface area contributed by atoms with Crippen LogP contribution in [0.3, 0.4) is 0 Å². The molecule has 184 valence electrons. The summed E-state index contributed by atoms with van der Waals surface area (Å²) >= 11 is 6.49. The summed E-state index contributed by atoms with van der Waals surface area (Å²) in [4.78, 5) is 0. The first-order valence-corrected chi connectivity index (χ1v) is 14.2. The van der Waals surface area contributed by atoms with Gasteiger partial charge >= 0.3 is 6.18 Å². The second-order valence-electron chi connectivity index (χ2n) is 7.05. The van der Waals surface area contributed by atoms with E-state index in [1.165, 1.54) is 0 Å². The second-order valence-corrected chi connectivity index (χ2v) is 12.4. The van der Waals surface area contributed by atoms with Crippen molar-refractivity contribution < 1.29 is 30.0 Å². The molecule has 3 aromatic rings. The number of rotatable bonds is 7. The van der Waals surface area contributed by atoms with Crippen molar-refractivity contribution >= 4 is 69.7 Å². The summed E-state index contributed by atoms with van der Waals surface area (Å²) in [5, 5.41) is 1.25. The van der Waals surface area contributed by atoms with Crippen molar-refractivity contribution in [1.82, 2.24) is 0 Å². The lowest BCUT2D eigenvalue weighted by molar-refractivity contribution is -0.137. The Bertz CT molecular complexity index is 1420. The van der Waals surface area contributed by atoms with Crippen molar-refractivity contribution in [1.29, 1.82) is 0 Å². The number of benzene rings is 3. The average Bonchev–Trinajstić information content (AvgIpc) is 2.76. The molecule has 12 heteroatoms. The fraction of sp³-hybridized carbons (Fsp3) is 0.0435. The van der Waals surface area contributed by atoms with E-state index >= 15 is 0 Å². The molecule has 0 radical (unpaired) electrons. The first-order valence-electron chi connectivity index (χ1n) is 9.63. The minimum Gasteiger partial charge on any atom is -0.201 e. The van der Waals surface area contributed by atoms with Gasteiger partial charge in [-0.2, -0.15) is 16.9 Å². The van der Waals surface area contributed by atoms with Gasteiger partial charge in [-0.15, -0.1) is 0 Å². The third kappa shape index (κ3) is 7.29. The Kier molecular flexibility index (Phi) is 8.30. The highest BCUT2D eigenvalue weighted by Gasteiger charge is 2.35. The molecule has 0 aromatic heterocycles. The third-order valence-electron chi connectivity index (χ3n) is 4.41. The van der Waals surface area contributed by atoms with Gasteiger partial charge in [0.25, 0.3) is 20.0 Å². The van der Waals surface area contributed by atoms with Crippen molar-refractivity contribution in [2.75, 3.05) is 3.71 Å². The smallest absolute Gasteiger partial charge is 0.201 e. The van der Waals surface area contributed by atoms with Crippen molar-refractivity contribution in [2.24, 2.45) is 0 Å². The van der Waals surface area contributed by atoms with Gasteiger partial charge in [-0.3, -0.25) is 0 Å². The Morgan fingerprint density at radius 2 is 1.14 bits per heavy atom. The van der Waals surface area contributed by atoms with Crippen LogP contribution in [0, 0.1) is 0 Å². The molecule has 0 aliphatic carbocycles. The number of hydrogen-bond donors (Lipinski definition) is 0. The zero-order chi connectivity index (χ0) is 25.9. The maximum absolute atomic E-state index is 13.3. The minimum absolute atomic E-state index is 0.0296. The average molecular weight is 651 g/mol. The first-order chi connectivity index (χ1) is 16.3. The summed E-state index contributed by atoms with van der Waals surface area (Å²) in [6.45, 7) is 0. The van der Waals surface area contributed by atoms with Crippen LogP contribution >= 0.6 is 31.9 Å². The van der Waals surface area contributed by atoms with Crippen LogP contribution in [0.25, 0.3) is 12.2 Å². The van der Waals surface area contributed by atoms with E-state index in [2.05, 4.69) is 31.9 Å². The first kappa shape index (κ1) is 27.2. The molecule has 0 N–H and O–H groups in total. The van der Waals surface area contributed by atoms with Gasteiger partial charge < -0.3 is 0 Å². The Morgan fingerprint density at radius 1 is 0.686 bits per heavy atom. The van der Waals surface area contributed by atoms with Crippen LogP contribution in [0.2, 0.25) is 0 Å². The van der Waals surface area contributed by atoms with Gasteiger partial charge in [-0.1, -0.05) is 62.2 Å². The Balaban J connectivity index is 2.13. The highest BCUT2D eigenvalue weighted by Crippen LogP contribution is 2.34. The van der Waals surface area contributed by atoms with Crippen molar-refractivity contribution in [2.45, 2.75) is 6.18 Å². The van der Waals surface area contributed by atoms with Gasteiger partial charge in [-0.25, -0.2) is 16.8 Å².